The zero-order valence-electron chi connectivity index (χ0n) is 15.3. The van der Waals surface area contributed by atoms with Gasteiger partial charge < -0.3 is 9.64 Å². The van der Waals surface area contributed by atoms with Crippen LogP contribution >= 0.6 is 0 Å². The number of hydrogen-bond donors (Lipinski definition) is 1. The normalized spacial score (nSPS) is 11.1. The first-order valence-corrected chi connectivity index (χ1v) is 9.99. The molecule has 6 nitrogen and oxygen atoms in total. The average Bonchev–Trinajstić information content (AvgIpc) is 2.70. The summed E-state index contributed by atoms with van der Waals surface area (Å²) in [6.45, 7) is 4.81. The number of sulfonamides is 1. The second-order valence-electron chi connectivity index (χ2n) is 5.87. The van der Waals surface area contributed by atoms with Gasteiger partial charge in [-0.1, -0.05) is 42.5 Å². The quantitative estimate of drug-likeness (QED) is 0.635. The van der Waals surface area contributed by atoms with Crippen LogP contribution in [0.5, 0.6) is 0 Å². The highest BCUT2D eigenvalue weighted by Crippen LogP contribution is 2.15. The number of hydrogen-bond acceptors (Lipinski definition) is 4. The van der Waals surface area contributed by atoms with E-state index in [2.05, 4.69) is 11.3 Å². The number of ether oxygens (including phenoxy) is 1. The number of carbonyl (C=O) groups excluding carboxylic acids is 1. The lowest BCUT2D eigenvalue weighted by atomic mass is 10.1. The van der Waals surface area contributed by atoms with Crippen molar-refractivity contribution in [2.45, 2.75) is 11.4 Å². The van der Waals surface area contributed by atoms with Gasteiger partial charge in [0.2, 0.25) is 10.0 Å². The van der Waals surface area contributed by atoms with Gasteiger partial charge in [-0.2, -0.15) is 0 Å². The van der Waals surface area contributed by atoms with Gasteiger partial charge in [0.15, 0.2) is 0 Å². The van der Waals surface area contributed by atoms with Crippen molar-refractivity contribution in [1.29, 1.82) is 0 Å². The molecular weight excluding hydrogens is 364 g/mol. The molecule has 0 unspecified atom stereocenters. The number of nitrogens with one attached hydrogen (secondary N) is 1. The summed E-state index contributed by atoms with van der Waals surface area (Å²) in [5.74, 6) is -0.253. The molecule has 0 bridgehead atoms. The van der Waals surface area contributed by atoms with Crippen LogP contribution in [0.25, 0.3) is 0 Å². The maximum absolute atomic E-state index is 13.0. The van der Waals surface area contributed by atoms with Crippen molar-refractivity contribution in [2.75, 3.05) is 26.8 Å². The Morgan fingerprint density at radius 2 is 1.93 bits per heavy atom. The molecule has 2 rings (SSSR count). The second kappa shape index (κ2) is 10.0. The summed E-state index contributed by atoms with van der Waals surface area (Å²) in [6, 6.07) is 15.6. The van der Waals surface area contributed by atoms with Crippen LogP contribution < -0.4 is 4.72 Å². The smallest absolute Gasteiger partial charge is 0.254 e. The van der Waals surface area contributed by atoms with E-state index >= 15 is 0 Å². The minimum Gasteiger partial charge on any atom is -0.383 e. The standard InChI is InChI=1S/C20H24N2O4S/c1-3-12-21-27(24,25)19-11-7-10-18(15-19)20(23)22(13-14-26-2)16-17-8-5-4-6-9-17/h3-11,15,21H,1,12-14,16H2,2H3. The molecule has 2 aromatic carbocycles. The lowest BCUT2D eigenvalue weighted by Gasteiger charge is -2.23. The molecule has 1 amide bonds. The van der Waals surface area contributed by atoms with Crippen LogP contribution in [0.3, 0.4) is 0 Å². The van der Waals surface area contributed by atoms with E-state index < -0.39 is 10.0 Å². The van der Waals surface area contributed by atoms with Crippen molar-refractivity contribution in [3.8, 4) is 0 Å². The van der Waals surface area contributed by atoms with Crippen molar-refractivity contribution in [3.05, 3.63) is 78.4 Å². The maximum Gasteiger partial charge on any atom is 0.254 e. The van der Waals surface area contributed by atoms with Crippen molar-refractivity contribution in [1.82, 2.24) is 9.62 Å². The first-order valence-electron chi connectivity index (χ1n) is 8.50. The van der Waals surface area contributed by atoms with Crippen LogP contribution in [0.4, 0.5) is 0 Å². The Bertz CT molecular complexity index is 867. The molecule has 0 aliphatic rings. The summed E-state index contributed by atoms with van der Waals surface area (Å²) in [4.78, 5) is 14.7. The van der Waals surface area contributed by atoms with Gasteiger partial charge in [0.25, 0.3) is 5.91 Å². The van der Waals surface area contributed by atoms with Gasteiger partial charge >= 0.3 is 0 Å². The molecule has 0 aliphatic heterocycles. The fraction of sp³-hybridized carbons (Fsp3) is 0.250. The lowest BCUT2D eigenvalue weighted by Crippen LogP contribution is -2.33. The molecule has 0 saturated carbocycles. The third-order valence-electron chi connectivity index (χ3n) is 3.88. The molecule has 7 heteroatoms. The van der Waals surface area contributed by atoms with E-state index in [4.69, 9.17) is 4.74 Å². The van der Waals surface area contributed by atoms with Crippen molar-refractivity contribution in [3.63, 3.8) is 0 Å². The fourth-order valence-electron chi connectivity index (χ4n) is 2.49. The van der Waals surface area contributed by atoms with Gasteiger partial charge in [0.05, 0.1) is 11.5 Å². The summed E-state index contributed by atoms with van der Waals surface area (Å²) in [7, 11) is -2.12. The van der Waals surface area contributed by atoms with Gasteiger partial charge in [-0.25, -0.2) is 13.1 Å². The third-order valence-corrected chi connectivity index (χ3v) is 5.30. The molecule has 1 N–H and O–H groups in total. The summed E-state index contributed by atoms with van der Waals surface area (Å²) in [5.41, 5.74) is 1.29. The van der Waals surface area contributed by atoms with Crippen LogP contribution in [-0.2, 0) is 21.3 Å². The maximum atomic E-state index is 13.0. The first-order chi connectivity index (χ1) is 13.0. The van der Waals surface area contributed by atoms with Crippen molar-refractivity contribution >= 4 is 15.9 Å². The highest BCUT2D eigenvalue weighted by molar-refractivity contribution is 7.89. The minimum absolute atomic E-state index is 0.0432. The Morgan fingerprint density at radius 1 is 1.19 bits per heavy atom. The SMILES string of the molecule is C=CCNS(=O)(=O)c1cccc(C(=O)N(CCOC)Cc2ccccc2)c1. The van der Waals surface area contributed by atoms with E-state index in [-0.39, 0.29) is 17.3 Å². The third kappa shape index (κ3) is 6.02. The van der Waals surface area contributed by atoms with Crippen molar-refractivity contribution < 1.29 is 17.9 Å². The van der Waals surface area contributed by atoms with E-state index in [1.54, 1.807) is 24.1 Å². The molecule has 0 fully saturated rings. The molecule has 0 atom stereocenters. The van der Waals surface area contributed by atoms with Crippen LogP contribution in [0.2, 0.25) is 0 Å². The largest absolute Gasteiger partial charge is 0.383 e. The predicted molar refractivity (Wildman–Crippen MR) is 105 cm³/mol. The Hall–Kier alpha value is -2.48. The topological polar surface area (TPSA) is 75.7 Å². The number of methoxy groups -OCH3 is 1. The van der Waals surface area contributed by atoms with E-state index in [0.717, 1.165) is 5.56 Å². The van der Waals surface area contributed by atoms with Crippen LogP contribution in [0.15, 0.2) is 72.1 Å². The monoisotopic (exact) mass is 388 g/mol. The molecule has 144 valence electrons. The summed E-state index contributed by atoms with van der Waals surface area (Å²) < 4.78 is 32.1. The second-order valence-corrected chi connectivity index (χ2v) is 7.64. The zero-order chi connectivity index (χ0) is 19.7. The Balaban J connectivity index is 2.26. The molecule has 0 radical (unpaired) electrons. The van der Waals surface area contributed by atoms with Crippen molar-refractivity contribution in [2.24, 2.45) is 0 Å². The highest BCUT2D eigenvalue weighted by atomic mass is 32.2. The van der Waals surface area contributed by atoms with Gasteiger partial charge in [0, 0.05) is 32.3 Å². The predicted octanol–water partition coefficient (Wildman–Crippen LogP) is 2.44. The molecule has 0 spiro atoms. The first kappa shape index (κ1) is 20.8. The number of benzene rings is 2. The molecule has 0 saturated heterocycles. The molecular formula is C20H24N2O4S. The van der Waals surface area contributed by atoms with E-state index in [1.165, 1.54) is 18.2 Å². The molecule has 2 aromatic rings. The van der Waals surface area contributed by atoms with E-state index in [0.29, 0.717) is 25.3 Å². The number of nitrogens with zero attached hydrogens (tertiary/aromatic N) is 1. The molecule has 0 aromatic heterocycles. The highest BCUT2D eigenvalue weighted by Gasteiger charge is 2.19. The van der Waals surface area contributed by atoms with E-state index in [1.807, 2.05) is 30.3 Å². The van der Waals surface area contributed by atoms with Crippen LogP contribution in [0.1, 0.15) is 15.9 Å². The number of carbonyl (C=O) groups is 1. The van der Waals surface area contributed by atoms with Gasteiger partial charge in [0.1, 0.15) is 0 Å². The van der Waals surface area contributed by atoms with Crippen LogP contribution in [-0.4, -0.2) is 46.0 Å². The van der Waals surface area contributed by atoms with Gasteiger partial charge in [-0.15, -0.1) is 6.58 Å². The summed E-state index contributed by atoms with van der Waals surface area (Å²) >= 11 is 0. The Morgan fingerprint density at radius 3 is 2.59 bits per heavy atom. The number of amides is 1. The number of rotatable bonds is 10. The summed E-state index contributed by atoms with van der Waals surface area (Å²) in [6.07, 6.45) is 1.46. The fourth-order valence-corrected chi connectivity index (χ4v) is 3.53. The Labute approximate surface area is 160 Å². The zero-order valence-corrected chi connectivity index (χ0v) is 16.1. The summed E-state index contributed by atoms with van der Waals surface area (Å²) in [5, 5.41) is 0. The van der Waals surface area contributed by atoms with E-state index in [9.17, 15) is 13.2 Å². The van der Waals surface area contributed by atoms with Gasteiger partial charge in [-0.3, -0.25) is 4.79 Å². The Kier molecular flexibility index (Phi) is 7.72. The molecule has 27 heavy (non-hydrogen) atoms. The average molecular weight is 388 g/mol. The molecule has 0 aliphatic carbocycles. The molecule has 0 heterocycles. The van der Waals surface area contributed by atoms with Crippen LogP contribution in [0, 0.1) is 0 Å². The minimum atomic E-state index is -3.70. The lowest BCUT2D eigenvalue weighted by molar-refractivity contribution is 0.0680. The van der Waals surface area contributed by atoms with Gasteiger partial charge in [-0.05, 0) is 23.8 Å².